The number of aliphatic carboxylic acids is 1. The second-order valence-corrected chi connectivity index (χ2v) is 11.2. The SMILES string of the molecule is CC(O)C(=O)O.CCCCCCCCC[N+](C)(CCCCCCCCC)CCCCCCCCC. The number of quaternary nitrogens is 1. The van der Waals surface area contributed by atoms with Crippen molar-refractivity contribution in [2.45, 2.75) is 169 Å². The van der Waals surface area contributed by atoms with Crippen LogP contribution in [0.4, 0.5) is 0 Å². The van der Waals surface area contributed by atoms with Crippen molar-refractivity contribution in [1.82, 2.24) is 0 Å². The number of rotatable bonds is 25. The summed E-state index contributed by atoms with van der Waals surface area (Å²) in [5.74, 6) is -1.19. The predicted molar refractivity (Wildman–Crippen MR) is 154 cm³/mol. The lowest BCUT2D eigenvalue weighted by molar-refractivity contribution is -0.910. The first-order valence-corrected chi connectivity index (χ1v) is 15.6. The molecule has 4 heteroatoms. The van der Waals surface area contributed by atoms with Gasteiger partial charge in [0.05, 0.1) is 26.7 Å². The number of aliphatic hydroxyl groups excluding tert-OH is 1. The van der Waals surface area contributed by atoms with Crippen molar-refractivity contribution in [2.75, 3.05) is 26.7 Å². The fraction of sp³-hybridized carbons (Fsp3) is 0.968. The molecule has 4 nitrogen and oxygen atoms in total. The second kappa shape index (κ2) is 28.0. The van der Waals surface area contributed by atoms with Gasteiger partial charge >= 0.3 is 5.97 Å². The van der Waals surface area contributed by atoms with E-state index in [0.29, 0.717) is 0 Å². The van der Waals surface area contributed by atoms with Crippen LogP contribution in [0.25, 0.3) is 0 Å². The summed E-state index contributed by atoms with van der Waals surface area (Å²) in [6.45, 7) is 12.4. The van der Waals surface area contributed by atoms with Crippen LogP contribution in [0.15, 0.2) is 0 Å². The van der Waals surface area contributed by atoms with Crippen molar-refractivity contribution in [1.29, 1.82) is 0 Å². The average Bonchev–Trinajstić information content (AvgIpc) is 2.83. The molecule has 0 fully saturated rings. The van der Waals surface area contributed by atoms with Crippen molar-refractivity contribution < 1.29 is 19.5 Å². The molecule has 0 saturated carbocycles. The van der Waals surface area contributed by atoms with Gasteiger partial charge in [-0.2, -0.15) is 0 Å². The maximum atomic E-state index is 9.45. The summed E-state index contributed by atoms with van der Waals surface area (Å²) in [6.07, 6.45) is 29.1. The highest BCUT2D eigenvalue weighted by molar-refractivity contribution is 5.71. The van der Waals surface area contributed by atoms with Crippen LogP contribution in [-0.2, 0) is 4.79 Å². The minimum Gasteiger partial charge on any atom is -0.479 e. The fourth-order valence-corrected chi connectivity index (χ4v) is 4.69. The Bertz CT molecular complexity index is 380. The van der Waals surface area contributed by atoms with Crippen molar-refractivity contribution in [3.05, 3.63) is 0 Å². The molecule has 0 saturated heterocycles. The minimum atomic E-state index is -1.23. The Morgan fingerprint density at radius 3 is 0.943 bits per heavy atom. The molecular weight excluding hydrogens is 434 g/mol. The molecule has 0 spiro atoms. The van der Waals surface area contributed by atoms with Crippen molar-refractivity contribution in [3.63, 3.8) is 0 Å². The van der Waals surface area contributed by atoms with Crippen LogP contribution in [0.2, 0.25) is 0 Å². The highest BCUT2D eigenvalue weighted by Gasteiger charge is 2.20. The molecule has 0 radical (unpaired) electrons. The summed E-state index contributed by atoms with van der Waals surface area (Å²) >= 11 is 0. The Balaban J connectivity index is 0. The van der Waals surface area contributed by atoms with E-state index in [-0.39, 0.29) is 0 Å². The van der Waals surface area contributed by atoms with Gasteiger partial charge in [-0.3, -0.25) is 0 Å². The first-order chi connectivity index (χ1) is 16.8. The van der Waals surface area contributed by atoms with Crippen LogP contribution in [-0.4, -0.2) is 53.5 Å². The molecule has 1 atom stereocenters. The number of hydrogen-bond donors (Lipinski definition) is 2. The standard InChI is InChI=1S/C28H60N.C3H6O3/c1-5-8-11-14-17-20-23-26-29(4,27-24-21-18-15-12-9-6-2)28-25-22-19-16-13-10-7-3;1-2(4)3(5)6/h5-28H2,1-4H3;2,4H,1H3,(H,5,6)/q+1;. The third-order valence-corrected chi connectivity index (χ3v) is 7.26. The lowest BCUT2D eigenvalue weighted by atomic mass is 10.1. The molecule has 1 unspecified atom stereocenters. The number of carboxylic acids is 1. The van der Waals surface area contributed by atoms with E-state index in [1.54, 1.807) is 0 Å². The fourth-order valence-electron chi connectivity index (χ4n) is 4.69. The zero-order chi connectivity index (χ0) is 26.6. The number of nitrogens with zero attached hydrogens (tertiary/aromatic N) is 1. The minimum absolute atomic E-state index is 1.19. The van der Waals surface area contributed by atoms with E-state index in [0.717, 1.165) is 0 Å². The van der Waals surface area contributed by atoms with Crippen molar-refractivity contribution in [3.8, 4) is 0 Å². The first-order valence-electron chi connectivity index (χ1n) is 15.6. The van der Waals surface area contributed by atoms with E-state index in [1.165, 1.54) is 166 Å². The monoisotopic (exact) mass is 501 g/mol. The smallest absolute Gasteiger partial charge is 0.332 e. The third-order valence-electron chi connectivity index (χ3n) is 7.26. The largest absolute Gasteiger partial charge is 0.479 e. The molecule has 0 aliphatic rings. The summed E-state index contributed by atoms with van der Waals surface area (Å²) in [4.78, 5) is 9.45. The van der Waals surface area contributed by atoms with Gasteiger partial charge in [-0.25, -0.2) is 4.79 Å². The normalized spacial score (nSPS) is 12.3. The highest BCUT2D eigenvalue weighted by atomic mass is 16.4. The van der Waals surface area contributed by atoms with E-state index in [1.807, 2.05) is 0 Å². The molecule has 0 bridgehead atoms. The van der Waals surface area contributed by atoms with E-state index >= 15 is 0 Å². The molecule has 212 valence electrons. The third kappa shape index (κ3) is 29.5. The molecule has 0 rings (SSSR count). The number of carboxylic acid groups (broad SMARTS) is 1. The molecule has 0 heterocycles. The number of aliphatic hydroxyl groups is 1. The molecular formula is C31H66NO3+. The van der Waals surface area contributed by atoms with Crippen LogP contribution < -0.4 is 0 Å². The average molecular weight is 501 g/mol. The molecule has 0 aliphatic heterocycles. The Hall–Kier alpha value is -0.610. The Kier molecular flexibility index (Phi) is 29.2. The van der Waals surface area contributed by atoms with Crippen LogP contribution in [0.1, 0.15) is 163 Å². The summed E-state index contributed by atoms with van der Waals surface area (Å²) in [5.41, 5.74) is 0. The Morgan fingerprint density at radius 1 is 0.543 bits per heavy atom. The summed E-state index contributed by atoms with van der Waals surface area (Å²) in [7, 11) is 2.57. The molecule has 35 heavy (non-hydrogen) atoms. The van der Waals surface area contributed by atoms with E-state index in [2.05, 4.69) is 27.8 Å². The maximum absolute atomic E-state index is 9.45. The summed E-state index contributed by atoms with van der Waals surface area (Å²) in [6, 6.07) is 0. The van der Waals surface area contributed by atoms with Gasteiger partial charge in [-0.05, 0) is 45.4 Å². The Labute approximate surface area is 220 Å². The van der Waals surface area contributed by atoms with E-state index in [4.69, 9.17) is 10.2 Å². The zero-order valence-electron chi connectivity index (χ0n) is 24.8. The quantitative estimate of drug-likeness (QED) is 0.0970. The molecule has 0 aromatic heterocycles. The molecule has 0 aromatic carbocycles. The van der Waals surface area contributed by atoms with Gasteiger partial charge in [-0.1, -0.05) is 117 Å². The van der Waals surface area contributed by atoms with Gasteiger partial charge in [-0.15, -0.1) is 0 Å². The van der Waals surface area contributed by atoms with Crippen molar-refractivity contribution >= 4 is 5.97 Å². The van der Waals surface area contributed by atoms with E-state index in [9.17, 15) is 4.79 Å². The van der Waals surface area contributed by atoms with Gasteiger partial charge in [0, 0.05) is 0 Å². The molecule has 2 N–H and O–H groups in total. The van der Waals surface area contributed by atoms with Gasteiger partial charge in [0.1, 0.15) is 6.10 Å². The lowest BCUT2D eigenvalue weighted by Crippen LogP contribution is -2.46. The van der Waals surface area contributed by atoms with Gasteiger partial charge in [0.2, 0.25) is 0 Å². The number of carbonyl (C=O) groups is 1. The van der Waals surface area contributed by atoms with Crippen molar-refractivity contribution in [2.24, 2.45) is 0 Å². The Morgan fingerprint density at radius 2 is 0.743 bits per heavy atom. The topological polar surface area (TPSA) is 57.5 Å². The molecule has 0 aromatic rings. The van der Waals surface area contributed by atoms with Gasteiger partial charge < -0.3 is 14.7 Å². The lowest BCUT2D eigenvalue weighted by Gasteiger charge is -2.35. The first kappa shape index (κ1) is 36.5. The highest BCUT2D eigenvalue weighted by Crippen LogP contribution is 2.16. The number of hydrogen-bond acceptors (Lipinski definition) is 2. The van der Waals surface area contributed by atoms with Crippen LogP contribution in [0, 0.1) is 0 Å². The van der Waals surface area contributed by atoms with Gasteiger partial charge in [0.15, 0.2) is 0 Å². The number of unbranched alkanes of at least 4 members (excludes halogenated alkanes) is 18. The molecule has 0 amide bonds. The van der Waals surface area contributed by atoms with E-state index < -0.39 is 12.1 Å². The predicted octanol–water partition coefficient (Wildman–Crippen LogP) is 9.14. The molecule has 0 aliphatic carbocycles. The second-order valence-electron chi connectivity index (χ2n) is 11.2. The summed E-state index contributed by atoms with van der Waals surface area (Å²) < 4.78 is 1.36. The maximum Gasteiger partial charge on any atom is 0.332 e. The van der Waals surface area contributed by atoms with Crippen LogP contribution in [0.3, 0.4) is 0 Å². The summed E-state index contributed by atoms with van der Waals surface area (Å²) in [5, 5.41) is 15.8. The zero-order valence-corrected chi connectivity index (χ0v) is 24.8. The van der Waals surface area contributed by atoms with Crippen LogP contribution in [0.5, 0.6) is 0 Å². The van der Waals surface area contributed by atoms with Gasteiger partial charge in [0.25, 0.3) is 0 Å². The van der Waals surface area contributed by atoms with Crippen LogP contribution >= 0.6 is 0 Å².